The molecule has 8 heteroatoms. The zero-order valence-electron chi connectivity index (χ0n) is 15.4. The van der Waals surface area contributed by atoms with Gasteiger partial charge in [-0.25, -0.2) is 8.42 Å². The maximum Gasteiger partial charge on any atom is 0.253 e. The first-order valence-corrected chi connectivity index (χ1v) is 11.2. The van der Waals surface area contributed by atoms with Gasteiger partial charge in [0.2, 0.25) is 0 Å². The number of hydrogen-bond donors (Lipinski definition) is 0. The Hall–Kier alpha value is -1.54. The first kappa shape index (κ1) is 19.2. The molecule has 2 saturated heterocycles. The number of carbonyl (C=O) groups excluding carboxylic acids is 1. The number of sulfone groups is 1. The predicted octanol–water partition coefficient (Wildman–Crippen LogP) is 2.34. The highest BCUT2D eigenvalue weighted by Gasteiger charge is 2.48. The van der Waals surface area contributed by atoms with E-state index < -0.39 is 15.3 Å². The standard InChI is InChI=1S/C18H24N2O4S2/c1-18(2,3)16(21)19-17-20(9-12-5-7-13(24-4)8-6-12)14-10-26(22,23)11-15(14)25-17/h5-8,14-15H,9-11H2,1-4H3. The van der Waals surface area contributed by atoms with Crippen LogP contribution in [0, 0.1) is 5.41 Å². The molecule has 2 aliphatic heterocycles. The number of benzene rings is 1. The number of ether oxygens (including phenoxy) is 1. The zero-order chi connectivity index (χ0) is 19.1. The third kappa shape index (κ3) is 4.06. The molecule has 0 aromatic heterocycles. The summed E-state index contributed by atoms with van der Waals surface area (Å²) >= 11 is 1.41. The summed E-state index contributed by atoms with van der Waals surface area (Å²) in [7, 11) is -1.43. The zero-order valence-corrected chi connectivity index (χ0v) is 17.1. The van der Waals surface area contributed by atoms with E-state index in [2.05, 4.69) is 4.99 Å². The predicted molar refractivity (Wildman–Crippen MR) is 104 cm³/mol. The van der Waals surface area contributed by atoms with E-state index in [1.54, 1.807) is 7.11 Å². The van der Waals surface area contributed by atoms with Crippen molar-refractivity contribution < 1.29 is 17.9 Å². The van der Waals surface area contributed by atoms with Gasteiger partial charge in [-0.05, 0) is 17.7 Å². The molecule has 0 aliphatic carbocycles. The Labute approximate surface area is 158 Å². The summed E-state index contributed by atoms with van der Waals surface area (Å²) in [6.45, 7) is 6.01. The van der Waals surface area contributed by atoms with Gasteiger partial charge in [-0.1, -0.05) is 44.7 Å². The fourth-order valence-corrected chi connectivity index (χ4v) is 6.95. The van der Waals surface area contributed by atoms with E-state index in [1.807, 2.05) is 49.9 Å². The number of amides is 1. The van der Waals surface area contributed by atoms with E-state index in [4.69, 9.17) is 4.74 Å². The van der Waals surface area contributed by atoms with Gasteiger partial charge in [0.25, 0.3) is 5.91 Å². The molecule has 3 rings (SSSR count). The van der Waals surface area contributed by atoms with Crippen LogP contribution in [0.25, 0.3) is 0 Å². The Kier molecular flexibility index (Phi) is 5.09. The van der Waals surface area contributed by atoms with Gasteiger partial charge in [-0.3, -0.25) is 4.79 Å². The first-order valence-electron chi connectivity index (χ1n) is 8.49. The minimum absolute atomic E-state index is 0.0650. The number of fused-ring (bicyclic) bond motifs is 1. The van der Waals surface area contributed by atoms with E-state index in [9.17, 15) is 13.2 Å². The van der Waals surface area contributed by atoms with Gasteiger partial charge in [0.15, 0.2) is 15.0 Å². The molecule has 2 atom stereocenters. The molecule has 2 heterocycles. The SMILES string of the molecule is COc1ccc(CN2C(=NC(=O)C(C)(C)C)SC3CS(=O)(=O)CC32)cc1. The molecule has 2 fully saturated rings. The largest absolute Gasteiger partial charge is 0.497 e. The van der Waals surface area contributed by atoms with Gasteiger partial charge >= 0.3 is 0 Å². The van der Waals surface area contributed by atoms with Gasteiger partial charge in [0.05, 0.1) is 24.7 Å². The van der Waals surface area contributed by atoms with E-state index in [0.29, 0.717) is 11.7 Å². The molecule has 26 heavy (non-hydrogen) atoms. The second-order valence-electron chi connectivity index (χ2n) is 7.73. The number of hydrogen-bond acceptors (Lipinski definition) is 5. The molecule has 0 bridgehead atoms. The van der Waals surface area contributed by atoms with Gasteiger partial charge in [-0.15, -0.1) is 0 Å². The normalized spacial score (nSPS) is 26.2. The minimum Gasteiger partial charge on any atom is -0.497 e. The van der Waals surface area contributed by atoms with Gasteiger partial charge < -0.3 is 9.64 Å². The molecule has 2 unspecified atom stereocenters. The highest BCUT2D eigenvalue weighted by atomic mass is 32.2. The van der Waals surface area contributed by atoms with Crippen LogP contribution in [0.4, 0.5) is 0 Å². The van der Waals surface area contributed by atoms with Crippen LogP contribution in [0.1, 0.15) is 26.3 Å². The second kappa shape index (κ2) is 6.88. The summed E-state index contributed by atoms with van der Waals surface area (Å²) in [4.78, 5) is 18.7. The van der Waals surface area contributed by atoms with Crippen molar-refractivity contribution in [1.29, 1.82) is 0 Å². The highest BCUT2D eigenvalue weighted by Crippen LogP contribution is 2.39. The summed E-state index contributed by atoms with van der Waals surface area (Å²) in [6, 6.07) is 7.50. The maximum atomic E-state index is 12.4. The Morgan fingerprint density at radius 1 is 1.27 bits per heavy atom. The number of nitrogens with zero attached hydrogens (tertiary/aromatic N) is 2. The summed E-state index contributed by atoms with van der Waals surface area (Å²) in [5.41, 5.74) is 0.454. The topological polar surface area (TPSA) is 76.0 Å². The van der Waals surface area contributed by atoms with Crippen LogP contribution in [0.5, 0.6) is 5.75 Å². The van der Waals surface area contributed by atoms with Crippen LogP contribution in [0.2, 0.25) is 0 Å². The van der Waals surface area contributed by atoms with Crippen molar-refractivity contribution in [2.45, 2.75) is 38.6 Å². The quantitative estimate of drug-likeness (QED) is 0.781. The number of carbonyl (C=O) groups is 1. The smallest absolute Gasteiger partial charge is 0.253 e. The van der Waals surface area contributed by atoms with Crippen LogP contribution in [0.3, 0.4) is 0 Å². The maximum absolute atomic E-state index is 12.4. The molecule has 1 amide bonds. The molecule has 6 nitrogen and oxygen atoms in total. The van der Waals surface area contributed by atoms with Crippen LogP contribution in [0.15, 0.2) is 29.3 Å². The number of methoxy groups -OCH3 is 1. The molecular formula is C18H24N2O4S2. The van der Waals surface area contributed by atoms with Crippen LogP contribution in [-0.4, -0.2) is 54.3 Å². The molecule has 142 valence electrons. The molecule has 1 aromatic carbocycles. The molecule has 0 saturated carbocycles. The van der Waals surface area contributed by atoms with Crippen molar-refractivity contribution in [2.75, 3.05) is 18.6 Å². The molecule has 0 spiro atoms. The number of rotatable bonds is 3. The lowest BCUT2D eigenvalue weighted by Gasteiger charge is -2.25. The molecule has 1 aromatic rings. The molecule has 0 N–H and O–H groups in total. The van der Waals surface area contributed by atoms with E-state index in [1.165, 1.54) is 11.8 Å². The lowest BCUT2D eigenvalue weighted by molar-refractivity contribution is -0.124. The fraction of sp³-hybridized carbons (Fsp3) is 0.556. The Bertz CT molecular complexity index is 826. The Morgan fingerprint density at radius 3 is 2.50 bits per heavy atom. The van der Waals surface area contributed by atoms with Gasteiger partial charge in [0.1, 0.15) is 5.75 Å². The van der Waals surface area contributed by atoms with E-state index in [-0.39, 0.29) is 28.7 Å². The average molecular weight is 397 g/mol. The van der Waals surface area contributed by atoms with Gasteiger partial charge in [-0.2, -0.15) is 4.99 Å². The second-order valence-corrected chi connectivity index (χ2v) is 11.1. The Morgan fingerprint density at radius 2 is 1.92 bits per heavy atom. The number of amidine groups is 1. The van der Waals surface area contributed by atoms with Crippen molar-refractivity contribution in [1.82, 2.24) is 4.90 Å². The number of thioether (sulfide) groups is 1. The summed E-state index contributed by atoms with van der Waals surface area (Å²) in [6.07, 6.45) is 0. The van der Waals surface area contributed by atoms with Gasteiger partial charge in [0, 0.05) is 17.2 Å². The van der Waals surface area contributed by atoms with Crippen LogP contribution >= 0.6 is 11.8 Å². The summed E-state index contributed by atoms with van der Waals surface area (Å²) in [5.74, 6) is 0.832. The van der Waals surface area contributed by atoms with E-state index in [0.717, 1.165) is 11.3 Å². The molecule has 0 radical (unpaired) electrons. The third-order valence-corrected chi connectivity index (χ3v) is 7.77. The molecule has 2 aliphatic rings. The van der Waals surface area contributed by atoms with Crippen LogP contribution < -0.4 is 4.74 Å². The fourth-order valence-electron chi connectivity index (χ4n) is 3.00. The monoisotopic (exact) mass is 396 g/mol. The highest BCUT2D eigenvalue weighted by molar-refractivity contribution is 8.15. The minimum atomic E-state index is -3.04. The summed E-state index contributed by atoms with van der Waals surface area (Å²) in [5, 5.41) is 0.565. The van der Waals surface area contributed by atoms with Crippen molar-refractivity contribution in [3.63, 3.8) is 0 Å². The molecular weight excluding hydrogens is 372 g/mol. The van der Waals surface area contributed by atoms with Crippen molar-refractivity contribution in [3.05, 3.63) is 29.8 Å². The van der Waals surface area contributed by atoms with E-state index >= 15 is 0 Å². The van der Waals surface area contributed by atoms with Crippen molar-refractivity contribution in [2.24, 2.45) is 10.4 Å². The lowest BCUT2D eigenvalue weighted by Crippen LogP contribution is -2.37. The Balaban J connectivity index is 1.89. The summed E-state index contributed by atoms with van der Waals surface area (Å²) < 4.78 is 29.3. The first-order chi connectivity index (χ1) is 12.1. The number of aliphatic imine (C=N–C) groups is 1. The average Bonchev–Trinajstić information content (AvgIpc) is 3.00. The van der Waals surface area contributed by atoms with Crippen LogP contribution in [-0.2, 0) is 21.2 Å². The van der Waals surface area contributed by atoms with Crippen molar-refractivity contribution >= 4 is 32.7 Å². The lowest BCUT2D eigenvalue weighted by atomic mass is 9.96. The van der Waals surface area contributed by atoms with Crippen molar-refractivity contribution in [3.8, 4) is 5.75 Å². The third-order valence-electron chi connectivity index (χ3n) is 4.53.